The number of halogens is 1. The molecule has 2 saturated carbocycles. The van der Waals surface area contributed by atoms with Crippen molar-refractivity contribution in [2.75, 3.05) is 77.6 Å². The number of methoxy groups -OCH3 is 1. The van der Waals surface area contributed by atoms with Gasteiger partial charge in [0.25, 0.3) is 5.91 Å². The van der Waals surface area contributed by atoms with Gasteiger partial charge >= 0.3 is 0 Å². The largest absolute Gasteiger partial charge is 0.490 e. The predicted molar refractivity (Wildman–Crippen MR) is 224 cm³/mol. The molecule has 9 rings (SSSR count). The van der Waals surface area contributed by atoms with Crippen LogP contribution in [0.4, 0.5) is 5.69 Å². The molecule has 2 aromatic rings. The van der Waals surface area contributed by atoms with Crippen molar-refractivity contribution in [1.29, 1.82) is 0 Å². The summed E-state index contributed by atoms with van der Waals surface area (Å²) in [6.07, 6.45) is 14.0. The molecule has 7 atom stereocenters. The predicted octanol–water partition coefficient (Wildman–Crippen LogP) is 6.46. The lowest BCUT2D eigenvalue weighted by Gasteiger charge is -2.53. The fourth-order valence-electron chi connectivity index (χ4n) is 11.5. The van der Waals surface area contributed by atoms with E-state index in [0.717, 1.165) is 127 Å². The average molecular weight is 822 g/mol. The Labute approximate surface area is 344 Å². The highest BCUT2D eigenvalue weighted by Gasteiger charge is 2.50. The van der Waals surface area contributed by atoms with Gasteiger partial charge in [0.05, 0.1) is 30.8 Å². The summed E-state index contributed by atoms with van der Waals surface area (Å²) in [6.45, 7) is 10.3. The molecule has 2 saturated heterocycles. The van der Waals surface area contributed by atoms with Gasteiger partial charge < -0.3 is 19.1 Å². The van der Waals surface area contributed by atoms with Crippen LogP contribution in [-0.4, -0.2) is 114 Å². The van der Waals surface area contributed by atoms with Crippen LogP contribution in [-0.2, 0) is 31.3 Å². The molecule has 0 aromatic heterocycles. The number of ether oxygens (including phenoxy) is 3. The minimum atomic E-state index is -3.99. The van der Waals surface area contributed by atoms with Gasteiger partial charge in [-0.2, -0.15) is 0 Å². The van der Waals surface area contributed by atoms with Gasteiger partial charge in [-0.05, 0) is 110 Å². The number of allylic oxidation sites excluding steroid dienone is 1. The standard InChI is InChI=1S/C45H61ClN4O6S/c1-31-6-4-17-45(54-2,29-48-18-19-49-20-21-55-27-37(49)26-48)39-13-10-35(39)25-50-28-44(16-5-9-33-23-36(46)12-14-38(33)44)30-56-41-15-11-34(24-40(41)50)43(51)47-57(52,53)42(31)22-32-7-3-8-32/h4,11-12,14-15,17,23-24,31-32,35,37,39,42H,3,5-10,13,16,18-22,25-30H2,1-2H3,(H,47,51)/b17-4+/t31?,35-,37-,39+,42+,44-,45+/m0/s1. The minimum absolute atomic E-state index is 0.185. The molecular formula is C45H61ClN4O6S. The van der Waals surface area contributed by atoms with Crippen molar-refractivity contribution in [2.24, 2.45) is 23.7 Å². The van der Waals surface area contributed by atoms with Crippen molar-refractivity contribution in [3.63, 3.8) is 0 Å². The summed E-state index contributed by atoms with van der Waals surface area (Å²) >= 11 is 6.54. The van der Waals surface area contributed by atoms with Crippen molar-refractivity contribution in [3.05, 3.63) is 70.3 Å². The van der Waals surface area contributed by atoms with E-state index < -0.39 is 26.8 Å². The number of anilines is 1. The number of nitrogens with one attached hydrogen (secondary N) is 1. The highest BCUT2D eigenvalue weighted by molar-refractivity contribution is 7.90. The molecule has 1 unspecified atom stereocenters. The Balaban J connectivity index is 1.11. The molecule has 1 N–H and O–H groups in total. The van der Waals surface area contributed by atoms with E-state index >= 15 is 0 Å². The quantitative estimate of drug-likeness (QED) is 0.341. The van der Waals surface area contributed by atoms with E-state index in [1.54, 1.807) is 6.07 Å². The maximum atomic E-state index is 14.3. The first-order valence-electron chi connectivity index (χ1n) is 21.7. The van der Waals surface area contributed by atoms with Crippen LogP contribution >= 0.6 is 11.6 Å². The van der Waals surface area contributed by atoms with Gasteiger partial charge in [-0.1, -0.05) is 56.0 Å². The van der Waals surface area contributed by atoms with E-state index in [1.165, 1.54) is 11.1 Å². The van der Waals surface area contributed by atoms with Crippen LogP contribution in [0.1, 0.15) is 86.2 Å². The number of hydrogen-bond donors (Lipinski definition) is 1. The second kappa shape index (κ2) is 16.1. The summed E-state index contributed by atoms with van der Waals surface area (Å²) < 4.78 is 50.7. The number of aryl methyl sites for hydroxylation is 1. The lowest BCUT2D eigenvalue weighted by atomic mass is 9.63. The Hall–Kier alpha value is -2.67. The summed E-state index contributed by atoms with van der Waals surface area (Å²) in [5.74, 6) is 0.915. The first-order chi connectivity index (χ1) is 27.5. The maximum absolute atomic E-state index is 14.3. The number of benzene rings is 2. The smallest absolute Gasteiger partial charge is 0.264 e. The zero-order valence-corrected chi connectivity index (χ0v) is 35.4. The third-order valence-electron chi connectivity index (χ3n) is 15.1. The van der Waals surface area contributed by atoms with Crippen molar-refractivity contribution in [1.82, 2.24) is 14.5 Å². The number of carbonyl (C=O) groups is 1. The van der Waals surface area contributed by atoms with Gasteiger partial charge in [-0.3, -0.25) is 14.6 Å². The van der Waals surface area contributed by atoms with Gasteiger partial charge in [0.1, 0.15) is 11.4 Å². The van der Waals surface area contributed by atoms with Crippen LogP contribution in [0.2, 0.25) is 5.02 Å². The summed E-state index contributed by atoms with van der Waals surface area (Å²) in [5.41, 5.74) is 2.94. The number of morpholine rings is 1. The maximum Gasteiger partial charge on any atom is 0.264 e. The molecule has 1 amide bonds. The fourth-order valence-corrected chi connectivity index (χ4v) is 13.4. The summed E-state index contributed by atoms with van der Waals surface area (Å²) in [4.78, 5) is 21.6. The van der Waals surface area contributed by atoms with Gasteiger partial charge in [0.15, 0.2) is 0 Å². The average Bonchev–Trinajstić information content (AvgIpc) is 3.31. The first-order valence-corrected chi connectivity index (χ1v) is 23.6. The Morgan fingerprint density at radius 3 is 2.70 bits per heavy atom. The number of nitrogens with zero attached hydrogens (tertiary/aromatic N) is 3. The van der Waals surface area contributed by atoms with Crippen LogP contribution in [0, 0.1) is 23.7 Å². The van der Waals surface area contributed by atoms with Crippen LogP contribution < -0.4 is 14.4 Å². The highest BCUT2D eigenvalue weighted by Crippen LogP contribution is 2.49. The number of piperazine rings is 1. The molecule has 310 valence electrons. The topological polar surface area (TPSA) is 101 Å². The van der Waals surface area contributed by atoms with Crippen LogP contribution in [0.25, 0.3) is 0 Å². The van der Waals surface area contributed by atoms with Gasteiger partial charge in [-0.15, -0.1) is 0 Å². The molecule has 12 heteroatoms. The lowest BCUT2D eigenvalue weighted by Crippen LogP contribution is -2.62. The molecule has 4 fully saturated rings. The summed E-state index contributed by atoms with van der Waals surface area (Å²) in [6, 6.07) is 12.2. The number of carbonyl (C=O) groups excluding carboxylic acids is 1. The van der Waals surface area contributed by atoms with E-state index in [4.69, 9.17) is 25.8 Å². The molecule has 57 heavy (non-hydrogen) atoms. The van der Waals surface area contributed by atoms with Gasteiger partial charge in [-0.25, -0.2) is 13.1 Å². The Morgan fingerprint density at radius 1 is 1.04 bits per heavy atom. The Morgan fingerprint density at radius 2 is 1.91 bits per heavy atom. The fraction of sp³-hybridized carbons (Fsp3) is 0.667. The Kier molecular flexibility index (Phi) is 11.2. The summed E-state index contributed by atoms with van der Waals surface area (Å²) in [7, 11) is -2.12. The number of amides is 1. The molecule has 0 radical (unpaired) electrons. The monoisotopic (exact) mass is 820 g/mol. The van der Waals surface area contributed by atoms with Crippen LogP contribution in [0.15, 0.2) is 48.6 Å². The van der Waals surface area contributed by atoms with Crippen molar-refractivity contribution in [2.45, 2.75) is 93.4 Å². The second-order valence-electron chi connectivity index (χ2n) is 18.6. The van der Waals surface area contributed by atoms with Gasteiger partial charge in [0, 0.05) is 75.0 Å². The highest BCUT2D eigenvalue weighted by atomic mass is 35.5. The van der Waals surface area contributed by atoms with Crippen LogP contribution in [0.3, 0.4) is 0 Å². The van der Waals surface area contributed by atoms with E-state index in [9.17, 15) is 13.2 Å². The number of sulfonamides is 1. The second-order valence-corrected chi connectivity index (χ2v) is 20.9. The zero-order chi connectivity index (χ0) is 39.4. The van der Waals surface area contributed by atoms with Crippen LogP contribution in [0.5, 0.6) is 5.75 Å². The Bertz CT molecular complexity index is 1960. The van der Waals surface area contributed by atoms with Crippen molar-refractivity contribution in [3.8, 4) is 5.75 Å². The zero-order valence-electron chi connectivity index (χ0n) is 33.8. The van der Waals surface area contributed by atoms with E-state index in [0.29, 0.717) is 42.9 Å². The molecular weight excluding hydrogens is 760 g/mol. The van der Waals surface area contributed by atoms with E-state index in [2.05, 4.69) is 43.7 Å². The first kappa shape index (κ1) is 39.8. The number of fused-ring (bicyclic) bond motifs is 5. The molecule has 2 aromatic carbocycles. The molecule has 4 aliphatic heterocycles. The summed E-state index contributed by atoms with van der Waals surface area (Å²) in [5, 5.41) is 0.0692. The SMILES string of the molecule is CO[C@@]1(CN2CCN3CCOC[C@@H]3C2)/C=C/CC(C)[C@@H](CC2CCC2)S(=O)(=O)NC(=O)c2ccc3c(c2)N(C[C@@H]2CC[C@H]21)C[C@@]1(CCCc2cc(Cl)ccc21)CO3. The number of hydrogen-bond acceptors (Lipinski definition) is 9. The molecule has 1 spiro atoms. The molecule has 7 aliphatic rings. The molecule has 2 bridgehead atoms. The molecule has 10 nitrogen and oxygen atoms in total. The third kappa shape index (κ3) is 7.79. The molecule has 3 aliphatic carbocycles. The van der Waals surface area contributed by atoms with Crippen molar-refractivity contribution < 1.29 is 27.4 Å². The number of rotatable bonds is 5. The minimum Gasteiger partial charge on any atom is -0.490 e. The van der Waals surface area contributed by atoms with E-state index in [1.807, 2.05) is 32.2 Å². The van der Waals surface area contributed by atoms with Crippen molar-refractivity contribution >= 4 is 33.2 Å². The third-order valence-corrected chi connectivity index (χ3v) is 17.3. The van der Waals surface area contributed by atoms with Gasteiger partial charge in [0.2, 0.25) is 10.0 Å². The molecule has 4 heterocycles. The normalized spacial score (nSPS) is 35.3. The lowest BCUT2D eigenvalue weighted by molar-refractivity contribution is -0.108. The van der Waals surface area contributed by atoms with E-state index in [-0.39, 0.29) is 17.3 Å².